The summed E-state index contributed by atoms with van der Waals surface area (Å²) in [5, 5.41) is 20.0. The van der Waals surface area contributed by atoms with Gasteiger partial charge in [-0.15, -0.1) is 0 Å². The number of hydrogen-bond acceptors (Lipinski definition) is 2. The second kappa shape index (κ2) is 9.53. The molecule has 0 aromatic heterocycles. The van der Waals surface area contributed by atoms with Gasteiger partial charge in [-0.2, -0.15) is 0 Å². The van der Waals surface area contributed by atoms with Crippen molar-refractivity contribution in [3.05, 3.63) is 58.9 Å². The minimum Gasteiger partial charge on any atom is -0.508 e. The van der Waals surface area contributed by atoms with Gasteiger partial charge in [0.2, 0.25) is 0 Å². The summed E-state index contributed by atoms with van der Waals surface area (Å²) in [4.78, 5) is 0. The van der Waals surface area contributed by atoms with Gasteiger partial charge in [0.15, 0.2) is 0 Å². The van der Waals surface area contributed by atoms with Crippen LogP contribution in [-0.4, -0.2) is 16.3 Å². The molecule has 3 aliphatic rings. The third-order valence-electron chi connectivity index (χ3n) is 8.89. The molecule has 0 aromatic carbocycles. The van der Waals surface area contributed by atoms with E-state index in [4.69, 9.17) is 0 Å². The molecule has 2 N–H and O–H groups in total. The van der Waals surface area contributed by atoms with Crippen LogP contribution in [0.1, 0.15) is 80.1 Å². The molecule has 0 bridgehead atoms. The molecule has 0 aliphatic heterocycles. The zero-order valence-electron chi connectivity index (χ0n) is 20.6. The Labute approximate surface area is 190 Å². The van der Waals surface area contributed by atoms with Crippen LogP contribution in [0.25, 0.3) is 0 Å². The van der Waals surface area contributed by atoms with E-state index in [2.05, 4.69) is 66.3 Å². The predicted octanol–water partition coefficient (Wildman–Crippen LogP) is 7.69. The Morgan fingerprint density at radius 3 is 2.58 bits per heavy atom. The topological polar surface area (TPSA) is 40.5 Å². The van der Waals surface area contributed by atoms with Gasteiger partial charge >= 0.3 is 0 Å². The number of aliphatic hydroxyl groups excluding tert-OH is 2. The van der Waals surface area contributed by atoms with Gasteiger partial charge < -0.3 is 10.2 Å². The first-order valence-electron chi connectivity index (χ1n) is 12.4. The van der Waals surface area contributed by atoms with Crippen LogP contribution in [-0.2, 0) is 0 Å². The van der Waals surface area contributed by atoms with Gasteiger partial charge in [-0.05, 0) is 85.7 Å². The van der Waals surface area contributed by atoms with Crippen LogP contribution < -0.4 is 0 Å². The average molecular weight is 425 g/mol. The van der Waals surface area contributed by atoms with Crippen LogP contribution in [0.4, 0.5) is 0 Å². The summed E-state index contributed by atoms with van der Waals surface area (Å²) in [5.41, 5.74) is 5.08. The minimum absolute atomic E-state index is 0.115. The Balaban J connectivity index is 1.80. The van der Waals surface area contributed by atoms with Gasteiger partial charge in [0, 0.05) is 12.0 Å². The maximum Gasteiger partial charge on any atom is 0.121 e. The summed E-state index contributed by atoms with van der Waals surface area (Å²) < 4.78 is 0. The van der Waals surface area contributed by atoms with Crippen LogP contribution in [0, 0.1) is 35.0 Å². The predicted molar refractivity (Wildman–Crippen MR) is 132 cm³/mol. The molecule has 0 spiro atoms. The smallest absolute Gasteiger partial charge is 0.121 e. The summed E-state index contributed by atoms with van der Waals surface area (Å²) in [6, 6.07) is 0. The SMILES string of the molecule is C=C1C(O)=C[C@H](O)C/C1=C/C=C1\CCC[C@]2(C)[C@@H]([C@H](C)/C=C(/C)[C@H](C)C(C)C)CC[C@@H]12. The molecule has 31 heavy (non-hydrogen) atoms. The molecular formula is C29H44O2. The highest BCUT2D eigenvalue weighted by Gasteiger charge is 2.50. The molecule has 0 amide bonds. The monoisotopic (exact) mass is 424 g/mol. The van der Waals surface area contributed by atoms with E-state index in [0.717, 1.165) is 11.5 Å². The molecule has 0 unspecified atom stereocenters. The minimum atomic E-state index is -0.619. The highest BCUT2D eigenvalue weighted by molar-refractivity contribution is 5.47. The zero-order valence-corrected chi connectivity index (χ0v) is 20.6. The Morgan fingerprint density at radius 1 is 1.19 bits per heavy atom. The fourth-order valence-corrected chi connectivity index (χ4v) is 6.58. The van der Waals surface area contributed by atoms with E-state index in [1.165, 1.54) is 38.2 Å². The van der Waals surface area contributed by atoms with E-state index in [1.54, 1.807) is 11.1 Å². The molecule has 2 fully saturated rings. The number of aliphatic hydroxyl groups is 2. The van der Waals surface area contributed by atoms with Gasteiger partial charge in [0.25, 0.3) is 0 Å². The lowest BCUT2D eigenvalue weighted by Crippen LogP contribution is -2.35. The number of rotatable bonds is 5. The Hall–Kier alpha value is -1.54. The number of fused-ring (bicyclic) bond motifs is 1. The van der Waals surface area contributed by atoms with Crippen LogP contribution in [0.15, 0.2) is 58.9 Å². The van der Waals surface area contributed by atoms with Crippen molar-refractivity contribution in [2.24, 2.45) is 35.0 Å². The maximum atomic E-state index is 10.0. The molecule has 0 saturated heterocycles. The summed E-state index contributed by atoms with van der Waals surface area (Å²) in [7, 11) is 0. The molecule has 3 rings (SSSR count). The third kappa shape index (κ3) is 4.95. The maximum absolute atomic E-state index is 10.0. The van der Waals surface area contributed by atoms with Crippen molar-refractivity contribution in [3.8, 4) is 0 Å². The largest absolute Gasteiger partial charge is 0.508 e. The van der Waals surface area contributed by atoms with Crippen molar-refractivity contribution in [2.75, 3.05) is 0 Å². The molecule has 6 atom stereocenters. The van der Waals surface area contributed by atoms with Crippen molar-refractivity contribution >= 4 is 0 Å². The van der Waals surface area contributed by atoms with Crippen molar-refractivity contribution in [1.29, 1.82) is 0 Å². The van der Waals surface area contributed by atoms with E-state index in [9.17, 15) is 10.2 Å². The summed E-state index contributed by atoms with van der Waals surface area (Å²) in [6.45, 7) is 18.3. The van der Waals surface area contributed by atoms with Crippen LogP contribution in [0.3, 0.4) is 0 Å². The highest BCUT2D eigenvalue weighted by atomic mass is 16.3. The van der Waals surface area contributed by atoms with Crippen LogP contribution >= 0.6 is 0 Å². The highest BCUT2D eigenvalue weighted by Crippen LogP contribution is 2.59. The van der Waals surface area contributed by atoms with E-state index >= 15 is 0 Å². The summed E-state index contributed by atoms with van der Waals surface area (Å²) >= 11 is 0. The molecule has 0 aromatic rings. The molecule has 0 radical (unpaired) electrons. The molecule has 0 heterocycles. The quantitative estimate of drug-likeness (QED) is 0.444. The molecule has 2 heteroatoms. The summed E-state index contributed by atoms with van der Waals surface area (Å²) in [6.07, 6.45) is 14.7. The molecule has 2 nitrogen and oxygen atoms in total. The van der Waals surface area contributed by atoms with Crippen molar-refractivity contribution in [3.63, 3.8) is 0 Å². The van der Waals surface area contributed by atoms with E-state index in [-0.39, 0.29) is 5.76 Å². The Bertz CT molecular complexity index is 809. The normalized spacial score (nSPS) is 36.6. The number of allylic oxidation sites excluding steroid dienone is 6. The van der Waals surface area contributed by atoms with E-state index in [1.807, 2.05) is 0 Å². The number of hydrogen-bond donors (Lipinski definition) is 2. The van der Waals surface area contributed by atoms with Gasteiger partial charge in [-0.25, -0.2) is 0 Å². The first-order chi connectivity index (χ1) is 14.5. The van der Waals surface area contributed by atoms with Crippen LogP contribution in [0.5, 0.6) is 0 Å². The van der Waals surface area contributed by atoms with Crippen molar-refractivity contribution in [1.82, 2.24) is 0 Å². The van der Waals surface area contributed by atoms with Crippen LogP contribution in [0.2, 0.25) is 0 Å². The fourth-order valence-electron chi connectivity index (χ4n) is 6.58. The second-order valence-corrected chi connectivity index (χ2v) is 11.1. The lowest BCUT2D eigenvalue weighted by molar-refractivity contribution is 0.111. The van der Waals surface area contributed by atoms with Crippen molar-refractivity contribution in [2.45, 2.75) is 86.2 Å². The lowest BCUT2D eigenvalue weighted by atomic mass is 9.61. The van der Waals surface area contributed by atoms with Gasteiger partial charge in [-0.3, -0.25) is 0 Å². The van der Waals surface area contributed by atoms with Gasteiger partial charge in [-0.1, -0.05) is 70.6 Å². The Kier molecular flexibility index (Phi) is 7.41. The third-order valence-corrected chi connectivity index (χ3v) is 8.89. The lowest BCUT2D eigenvalue weighted by Gasteiger charge is -2.44. The first-order valence-corrected chi connectivity index (χ1v) is 12.4. The van der Waals surface area contributed by atoms with Crippen molar-refractivity contribution < 1.29 is 10.2 Å². The average Bonchev–Trinajstić information content (AvgIpc) is 3.06. The molecule has 172 valence electrons. The van der Waals surface area contributed by atoms with E-state index in [0.29, 0.717) is 41.1 Å². The second-order valence-electron chi connectivity index (χ2n) is 11.1. The zero-order chi connectivity index (χ0) is 22.9. The fraction of sp³-hybridized carbons (Fsp3) is 0.655. The molecular weight excluding hydrogens is 380 g/mol. The molecule has 2 saturated carbocycles. The van der Waals surface area contributed by atoms with Gasteiger partial charge in [0.05, 0.1) is 6.10 Å². The van der Waals surface area contributed by atoms with Gasteiger partial charge in [0.1, 0.15) is 5.76 Å². The Morgan fingerprint density at radius 2 is 1.90 bits per heavy atom. The summed E-state index contributed by atoms with van der Waals surface area (Å²) in [5.74, 6) is 3.45. The standard InChI is InChI=1S/C29H44O2/c1-18(2)21(5)19(3)15-20(4)26-12-13-27-23(9-8-14-29(26,27)7)10-11-24-16-25(30)17-28(31)22(24)6/h10-11,15,17-18,20-21,25-27,30-31H,6,8-9,12-14,16H2,1-5,7H3/b19-15-,23-10+,24-11-/t20-,21-,25-,26-,27+,29-/m1/s1. The molecule has 3 aliphatic carbocycles. The first kappa shape index (κ1) is 24.1. The van der Waals surface area contributed by atoms with E-state index < -0.39 is 6.10 Å².